The molecule has 0 aliphatic carbocycles. The molecule has 3 aliphatic heterocycles. The van der Waals surface area contributed by atoms with Crippen molar-refractivity contribution in [2.24, 2.45) is 0 Å². The van der Waals surface area contributed by atoms with Gasteiger partial charge in [0, 0.05) is 12.6 Å². The SMILES string of the molecule is CC1=CPC(c2ccc(CN3CCC[C@H]3c3ccc4c(c3)OCCO4)cc2)S1. The highest BCUT2D eigenvalue weighted by Gasteiger charge is 2.27. The molecule has 0 spiro atoms. The van der Waals surface area contributed by atoms with Crippen molar-refractivity contribution in [3.05, 3.63) is 69.9 Å². The number of fused-ring (bicyclic) bond motifs is 1. The minimum atomic E-state index is 0.467. The predicted octanol–water partition coefficient (Wildman–Crippen LogP) is 6.08. The fourth-order valence-corrected chi connectivity index (χ4v) is 7.25. The molecule has 0 bridgehead atoms. The number of hydrogen-bond donors (Lipinski definition) is 0. The van der Waals surface area contributed by atoms with Gasteiger partial charge in [-0.25, -0.2) is 0 Å². The van der Waals surface area contributed by atoms with E-state index in [4.69, 9.17) is 9.47 Å². The van der Waals surface area contributed by atoms with E-state index >= 15 is 0 Å². The lowest BCUT2D eigenvalue weighted by Gasteiger charge is -2.26. The number of thioether (sulfide) groups is 1. The fraction of sp³-hybridized carbons (Fsp3) is 0.391. The highest BCUT2D eigenvalue weighted by molar-refractivity contribution is 8.08. The van der Waals surface area contributed by atoms with Crippen molar-refractivity contribution in [2.75, 3.05) is 19.8 Å². The number of rotatable bonds is 4. The van der Waals surface area contributed by atoms with Crippen molar-refractivity contribution in [3.8, 4) is 11.5 Å². The molecule has 1 saturated heterocycles. The van der Waals surface area contributed by atoms with Gasteiger partial charge in [0.15, 0.2) is 11.5 Å². The first kappa shape index (κ1) is 18.5. The largest absolute Gasteiger partial charge is 0.486 e. The van der Waals surface area contributed by atoms with Crippen molar-refractivity contribution in [3.63, 3.8) is 0 Å². The van der Waals surface area contributed by atoms with Crippen LogP contribution >= 0.6 is 20.3 Å². The zero-order valence-corrected chi connectivity index (χ0v) is 18.0. The van der Waals surface area contributed by atoms with E-state index in [0.29, 0.717) is 24.2 Å². The first-order valence-electron chi connectivity index (χ1n) is 10.1. The number of likely N-dealkylation sites (tertiary alicyclic amines) is 1. The molecule has 1 fully saturated rings. The second-order valence-corrected chi connectivity index (χ2v) is 10.7. The van der Waals surface area contributed by atoms with Crippen LogP contribution in [0.15, 0.2) is 53.2 Å². The fourth-order valence-electron chi connectivity index (χ4n) is 4.30. The van der Waals surface area contributed by atoms with E-state index in [0.717, 1.165) is 33.2 Å². The van der Waals surface area contributed by atoms with E-state index in [1.165, 1.54) is 34.4 Å². The predicted molar refractivity (Wildman–Crippen MR) is 119 cm³/mol. The van der Waals surface area contributed by atoms with Crippen molar-refractivity contribution in [1.82, 2.24) is 4.90 Å². The van der Waals surface area contributed by atoms with Gasteiger partial charge >= 0.3 is 0 Å². The first-order chi connectivity index (χ1) is 13.8. The highest BCUT2D eigenvalue weighted by atomic mass is 32.2. The molecule has 146 valence electrons. The number of allylic oxidation sites excluding steroid dienone is 1. The lowest BCUT2D eigenvalue weighted by Crippen LogP contribution is -2.23. The molecule has 5 rings (SSSR count). The van der Waals surface area contributed by atoms with Crippen LogP contribution < -0.4 is 9.47 Å². The van der Waals surface area contributed by atoms with Gasteiger partial charge in [0.05, 0.1) is 4.99 Å². The third-order valence-corrected chi connectivity index (χ3v) is 8.93. The van der Waals surface area contributed by atoms with E-state index in [2.05, 4.69) is 60.1 Å². The van der Waals surface area contributed by atoms with E-state index < -0.39 is 0 Å². The van der Waals surface area contributed by atoms with Gasteiger partial charge in [0.25, 0.3) is 0 Å². The van der Waals surface area contributed by atoms with Crippen LogP contribution in [-0.2, 0) is 6.54 Å². The third kappa shape index (κ3) is 3.83. The van der Waals surface area contributed by atoms with Gasteiger partial charge in [0.1, 0.15) is 13.2 Å². The average Bonchev–Trinajstić information content (AvgIpc) is 3.37. The van der Waals surface area contributed by atoms with Crippen LogP contribution in [-0.4, -0.2) is 24.7 Å². The van der Waals surface area contributed by atoms with Gasteiger partial charge < -0.3 is 9.47 Å². The van der Waals surface area contributed by atoms with Gasteiger partial charge in [-0.1, -0.05) is 44.7 Å². The van der Waals surface area contributed by atoms with Crippen LogP contribution in [0.4, 0.5) is 0 Å². The Bertz CT molecular complexity index is 883. The molecule has 0 aromatic heterocycles. The molecule has 0 amide bonds. The molecule has 3 heterocycles. The van der Waals surface area contributed by atoms with Crippen LogP contribution in [0.25, 0.3) is 0 Å². The summed E-state index contributed by atoms with van der Waals surface area (Å²) in [5, 5.41) is 0. The molecule has 2 aromatic rings. The molecule has 0 radical (unpaired) electrons. The van der Waals surface area contributed by atoms with Crippen LogP contribution in [0.2, 0.25) is 0 Å². The van der Waals surface area contributed by atoms with Crippen molar-refractivity contribution in [1.29, 1.82) is 0 Å². The summed E-state index contributed by atoms with van der Waals surface area (Å²) in [6.07, 6.45) is 2.46. The monoisotopic (exact) mass is 411 g/mol. The molecule has 3 atom stereocenters. The molecule has 2 unspecified atom stereocenters. The standard InChI is InChI=1S/C23H26NO2PS/c1-16-15-27-23(28-16)18-6-4-17(5-7-18)14-24-10-2-3-20(24)19-8-9-21-22(13-19)26-12-11-25-21/h4-9,13,15,20,23,27H,2-3,10-12,14H2,1H3/t20-,23?/m0/s1. The van der Waals surface area contributed by atoms with Gasteiger partial charge in [-0.05, 0) is 60.0 Å². The Kier molecular flexibility index (Phi) is 5.36. The Morgan fingerprint density at radius 2 is 1.82 bits per heavy atom. The summed E-state index contributed by atoms with van der Waals surface area (Å²) >= 11 is 2.01. The summed E-state index contributed by atoms with van der Waals surface area (Å²) < 4.78 is 11.5. The number of hydrogen-bond acceptors (Lipinski definition) is 4. The molecule has 0 N–H and O–H groups in total. The van der Waals surface area contributed by atoms with E-state index in [1.807, 2.05) is 11.8 Å². The van der Waals surface area contributed by atoms with Crippen LogP contribution in [0.5, 0.6) is 11.5 Å². The highest BCUT2D eigenvalue weighted by Crippen LogP contribution is 2.54. The average molecular weight is 412 g/mol. The summed E-state index contributed by atoms with van der Waals surface area (Å²) in [5.41, 5.74) is 4.22. The summed E-state index contributed by atoms with van der Waals surface area (Å²) in [7, 11) is 0.908. The summed E-state index contributed by atoms with van der Waals surface area (Å²) in [6, 6.07) is 16.3. The molecule has 2 aromatic carbocycles. The summed E-state index contributed by atoms with van der Waals surface area (Å²) in [6.45, 7) is 5.68. The Morgan fingerprint density at radius 3 is 2.61 bits per heavy atom. The summed E-state index contributed by atoms with van der Waals surface area (Å²) in [4.78, 5) is 4.70. The zero-order valence-electron chi connectivity index (χ0n) is 16.2. The second kappa shape index (κ2) is 8.10. The Labute approximate surface area is 173 Å². The quantitative estimate of drug-likeness (QED) is 0.569. The maximum absolute atomic E-state index is 5.80. The van der Waals surface area contributed by atoms with Crippen molar-refractivity contribution >= 4 is 20.3 Å². The molecule has 3 aliphatic rings. The topological polar surface area (TPSA) is 21.7 Å². The van der Waals surface area contributed by atoms with Gasteiger partial charge in [-0.2, -0.15) is 0 Å². The van der Waals surface area contributed by atoms with E-state index in [1.54, 1.807) is 0 Å². The number of ether oxygens (including phenoxy) is 2. The Balaban J connectivity index is 1.28. The third-order valence-electron chi connectivity index (χ3n) is 5.72. The summed E-state index contributed by atoms with van der Waals surface area (Å²) in [5.74, 6) is 4.16. The lowest BCUT2D eigenvalue weighted by molar-refractivity contribution is 0.170. The van der Waals surface area contributed by atoms with Crippen LogP contribution in [0.1, 0.15) is 47.5 Å². The first-order valence-corrected chi connectivity index (χ1v) is 12.1. The van der Waals surface area contributed by atoms with E-state index in [-0.39, 0.29) is 0 Å². The van der Waals surface area contributed by atoms with E-state index in [9.17, 15) is 0 Å². The normalized spacial score (nSPS) is 25.2. The zero-order chi connectivity index (χ0) is 18.9. The van der Waals surface area contributed by atoms with Crippen molar-refractivity contribution in [2.45, 2.75) is 37.3 Å². The number of nitrogens with zero attached hydrogens (tertiary/aromatic N) is 1. The Morgan fingerprint density at radius 1 is 1.04 bits per heavy atom. The van der Waals surface area contributed by atoms with Crippen molar-refractivity contribution < 1.29 is 9.47 Å². The lowest BCUT2D eigenvalue weighted by atomic mass is 10.0. The maximum Gasteiger partial charge on any atom is 0.161 e. The molecule has 5 heteroatoms. The van der Waals surface area contributed by atoms with Gasteiger partial charge in [0.2, 0.25) is 0 Å². The molecule has 3 nitrogen and oxygen atoms in total. The van der Waals surface area contributed by atoms with Gasteiger partial charge in [-0.3, -0.25) is 4.90 Å². The Hall–Kier alpha value is -1.48. The van der Waals surface area contributed by atoms with Crippen LogP contribution in [0, 0.1) is 0 Å². The maximum atomic E-state index is 5.80. The molecule has 0 saturated carbocycles. The molecular formula is C23H26NO2PS. The minimum absolute atomic E-state index is 0.467. The van der Waals surface area contributed by atoms with Crippen LogP contribution in [0.3, 0.4) is 0 Å². The number of benzene rings is 2. The molecular weight excluding hydrogens is 385 g/mol. The molecule has 28 heavy (non-hydrogen) atoms. The smallest absolute Gasteiger partial charge is 0.161 e. The van der Waals surface area contributed by atoms with Gasteiger partial charge in [-0.15, -0.1) is 11.8 Å². The second-order valence-electron chi connectivity index (χ2n) is 7.69. The minimum Gasteiger partial charge on any atom is -0.486 e.